The molecule has 0 aromatic rings. The second-order valence-corrected chi connectivity index (χ2v) is 6.16. The summed E-state index contributed by atoms with van der Waals surface area (Å²) in [5.41, 5.74) is 0. The van der Waals surface area contributed by atoms with Crippen LogP contribution in [0.25, 0.3) is 0 Å². The molecule has 15 heavy (non-hydrogen) atoms. The fourth-order valence-electron chi connectivity index (χ4n) is 4.17. The predicted octanol–water partition coefficient (Wildman–Crippen LogP) is 3.20. The molecule has 86 valence electrons. The molecule has 0 radical (unpaired) electrons. The molecule has 3 fully saturated rings. The molecule has 3 saturated carbocycles. The van der Waals surface area contributed by atoms with Crippen LogP contribution in [-0.2, 0) is 0 Å². The highest BCUT2D eigenvalue weighted by molar-refractivity contribution is 5.00. The molecule has 3 aliphatic carbocycles. The van der Waals surface area contributed by atoms with Gasteiger partial charge in [-0.05, 0) is 68.7 Å². The Morgan fingerprint density at radius 3 is 2.53 bits per heavy atom. The van der Waals surface area contributed by atoms with Gasteiger partial charge in [-0.3, -0.25) is 0 Å². The molecule has 0 saturated heterocycles. The van der Waals surface area contributed by atoms with Gasteiger partial charge in [0.2, 0.25) is 0 Å². The van der Waals surface area contributed by atoms with Crippen molar-refractivity contribution in [2.24, 2.45) is 23.7 Å². The van der Waals surface area contributed by atoms with E-state index in [9.17, 15) is 0 Å². The highest BCUT2D eigenvalue weighted by Gasteiger charge is 2.46. The molecule has 1 N–H and O–H groups in total. The largest absolute Gasteiger partial charge is 0.313 e. The lowest BCUT2D eigenvalue weighted by Crippen LogP contribution is -2.40. The Morgan fingerprint density at radius 1 is 1.13 bits per heavy atom. The first kappa shape index (κ1) is 10.1. The van der Waals surface area contributed by atoms with Crippen LogP contribution in [0.4, 0.5) is 0 Å². The maximum absolute atomic E-state index is 3.86. The highest BCUT2D eigenvalue weighted by Crippen LogP contribution is 2.52. The van der Waals surface area contributed by atoms with Gasteiger partial charge in [0.1, 0.15) is 0 Å². The lowest BCUT2D eigenvalue weighted by Gasteiger charge is -2.31. The van der Waals surface area contributed by atoms with Crippen LogP contribution in [0.1, 0.15) is 51.9 Å². The molecular weight excluding hydrogens is 182 g/mol. The Hall–Kier alpha value is -0.0400. The normalized spacial score (nSPS) is 41.0. The molecule has 1 heteroatoms. The average molecular weight is 207 g/mol. The molecule has 3 aliphatic rings. The number of rotatable bonds is 5. The van der Waals surface area contributed by atoms with Crippen LogP contribution in [0, 0.1) is 23.7 Å². The SMILES string of the molecule is CCCNC(C1CC1)C1CC2CCC1C2. The van der Waals surface area contributed by atoms with Crippen LogP contribution in [0.2, 0.25) is 0 Å². The summed E-state index contributed by atoms with van der Waals surface area (Å²) in [5.74, 6) is 4.33. The molecule has 0 aromatic carbocycles. The zero-order valence-corrected chi connectivity index (χ0v) is 10.0. The Balaban J connectivity index is 1.61. The molecule has 0 heterocycles. The summed E-state index contributed by atoms with van der Waals surface area (Å²) < 4.78 is 0. The predicted molar refractivity (Wildman–Crippen MR) is 63.7 cm³/mol. The summed E-state index contributed by atoms with van der Waals surface area (Å²) in [7, 11) is 0. The Kier molecular flexibility index (Phi) is 2.76. The number of hydrogen-bond donors (Lipinski definition) is 1. The van der Waals surface area contributed by atoms with Crippen LogP contribution in [0.15, 0.2) is 0 Å². The fourth-order valence-corrected chi connectivity index (χ4v) is 4.17. The van der Waals surface area contributed by atoms with Crippen LogP contribution in [0.3, 0.4) is 0 Å². The first-order chi connectivity index (χ1) is 7.38. The minimum atomic E-state index is 0.903. The quantitative estimate of drug-likeness (QED) is 0.730. The van der Waals surface area contributed by atoms with Crippen molar-refractivity contribution < 1.29 is 0 Å². The lowest BCUT2D eigenvalue weighted by molar-refractivity contribution is 0.229. The summed E-state index contributed by atoms with van der Waals surface area (Å²) in [4.78, 5) is 0. The van der Waals surface area contributed by atoms with Gasteiger partial charge in [-0.2, -0.15) is 0 Å². The van der Waals surface area contributed by atoms with Crippen molar-refractivity contribution >= 4 is 0 Å². The van der Waals surface area contributed by atoms with E-state index in [1.807, 2.05) is 0 Å². The number of hydrogen-bond acceptors (Lipinski definition) is 1. The van der Waals surface area contributed by atoms with Crippen molar-refractivity contribution in [2.45, 2.75) is 57.9 Å². The van der Waals surface area contributed by atoms with Crippen molar-refractivity contribution in [3.05, 3.63) is 0 Å². The summed E-state index contributed by atoms with van der Waals surface area (Å²) in [5, 5.41) is 3.86. The van der Waals surface area contributed by atoms with Gasteiger partial charge in [-0.1, -0.05) is 13.3 Å². The minimum Gasteiger partial charge on any atom is -0.313 e. The van der Waals surface area contributed by atoms with Crippen molar-refractivity contribution in [2.75, 3.05) is 6.54 Å². The first-order valence-corrected chi connectivity index (χ1v) is 7.12. The van der Waals surface area contributed by atoms with Gasteiger partial charge in [0.25, 0.3) is 0 Å². The average Bonchev–Trinajstić information content (AvgIpc) is 2.87. The van der Waals surface area contributed by atoms with E-state index in [0.717, 1.165) is 29.7 Å². The van der Waals surface area contributed by atoms with Crippen LogP contribution in [0.5, 0.6) is 0 Å². The summed E-state index contributed by atoms with van der Waals surface area (Å²) in [6.07, 6.45) is 10.5. The molecule has 4 unspecified atom stereocenters. The molecule has 4 atom stereocenters. The zero-order chi connectivity index (χ0) is 10.3. The molecule has 1 nitrogen and oxygen atoms in total. The van der Waals surface area contributed by atoms with Gasteiger partial charge >= 0.3 is 0 Å². The third kappa shape index (κ3) is 1.95. The molecule has 2 bridgehead atoms. The molecule has 0 amide bonds. The topological polar surface area (TPSA) is 12.0 Å². The van der Waals surface area contributed by atoms with Crippen LogP contribution >= 0.6 is 0 Å². The van der Waals surface area contributed by atoms with Gasteiger partial charge in [0.15, 0.2) is 0 Å². The third-order valence-corrected chi connectivity index (χ3v) is 5.01. The number of nitrogens with one attached hydrogen (secondary N) is 1. The Morgan fingerprint density at radius 2 is 2.00 bits per heavy atom. The lowest BCUT2D eigenvalue weighted by atomic mass is 9.81. The standard InChI is InChI=1S/C14H25N/c1-2-7-15-14(11-5-6-11)13-9-10-3-4-12(13)8-10/h10-15H,2-9H2,1H3. The molecular formula is C14H25N. The minimum absolute atomic E-state index is 0.903. The van der Waals surface area contributed by atoms with Gasteiger partial charge in [0.05, 0.1) is 0 Å². The Labute approximate surface area is 94.0 Å². The zero-order valence-electron chi connectivity index (χ0n) is 10.0. The van der Waals surface area contributed by atoms with Gasteiger partial charge in [-0.15, -0.1) is 0 Å². The van der Waals surface area contributed by atoms with Crippen LogP contribution in [-0.4, -0.2) is 12.6 Å². The van der Waals surface area contributed by atoms with Gasteiger partial charge < -0.3 is 5.32 Å². The second kappa shape index (κ2) is 4.08. The second-order valence-electron chi connectivity index (χ2n) is 6.16. The van der Waals surface area contributed by atoms with Crippen molar-refractivity contribution in [3.63, 3.8) is 0 Å². The summed E-state index contributed by atoms with van der Waals surface area (Å²) >= 11 is 0. The summed E-state index contributed by atoms with van der Waals surface area (Å²) in [6, 6.07) is 0.903. The van der Waals surface area contributed by atoms with Crippen LogP contribution < -0.4 is 5.32 Å². The maximum atomic E-state index is 3.86. The maximum Gasteiger partial charge on any atom is 0.0126 e. The Bertz CT molecular complexity index is 221. The monoisotopic (exact) mass is 207 g/mol. The molecule has 3 rings (SSSR count). The molecule has 0 aliphatic heterocycles. The highest BCUT2D eigenvalue weighted by atomic mass is 14.9. The van der Waals surface area contributed by atoms with E-state index in [1.165, 1.54) is 25.8 Å². The molecule has 0 spiro atoms. The number of fused-ring (bicyclic) bond motifs is 2. The molecule has 0 aromatic heterocycles. The van der Waals surface area contributed by atoms with E-state index in [4.69, 9.17) is 0 Å². The third-order valence-electron chi connectivity index (χ3n) is 5.01. The van der Waals surface area contributed by atoms with Crippen molar-refractivity contribution in [3.8, 4) is 0 Å². The fraction of sp³-hybridized carbons (Fsp3) is 1.00. The van der Waals surface area contributed by atoms with Gasteiger partial charge in [-0.25, -0.2) is 0 Å². The summed E-state index contributed by atoms with van der Waals surface area (Å²) in [6.45, 7) is 3.53. The van der Waals surface area contributed by atoms with E-state index in [1.54, 1.807) is 25.7 Å². The van der Waals surface area contributed by atoms with Crippen molar-refractivity contribution in [1.29, 1.82) is 0 Å². The smallest absolute Gasteiger partial charge is 0.0126 e. The first-order valence-electron chi connectivity index (χ1n) is 7.12. The van der Waals surface area contributed by atoms with Crippen molar-refractivity contribution in [1.82, 2.24) is 5.32 Å². The van der Waals surface area contributed by atoms with E-state index < -0.39 is 0 Å². The van der Waals surface area contributed by atoms with E-state index >= 15 is 0 Å². The van der Waals surface area contributed by atoms with E-state index in [2.05, 4.69) is 12.2 Å². The van der Waals surface area contributed by atoms with Gasteiger partial charge in [0, 0.05) is 6.04 Å². The van der Waals surface area contributed by atoms with E-state index in [0.29, 0.717) is 0 Å². The van der Waals surface area contributed by atoms with E-state index in [-0.39, 0.29) is 0 Å².